The van der Waals surface area contributed by atoms with Gasteiger partial charge in [-0.2, -0.15) is 0 Å². The van der Waals surface area contributed by atoms with Crippen molar-refractivity contribution in [3.63, 3.8) is 0 Å². The number of pyridine rings is 1. The number of hydrogen-bond donors (Lipinski definition) is 4. The van der Waals surface area contributed by atoms with Crippen molar-refractivity contribution in [2.24, 2.45) is 0 Å². The minimum absolute atomic E-state index is 0.00996. The predicted molar refractivity (Wildman–Crippen MR) is 116 cm³/mol. The van der Waals surface area contributed by atoms with E-state index in [9.17, 15) is 19.5 Å². The zero-order chi connectivity index (χ0) is 23.1. The van der Waals surface area contributed by atoms with Crippen LogP contribution in [-0.4, -0.2) is 50.3 Å². The molecule has 3 aromatic rings. The lowest BCUT2D eigenvalue weighted by molar-refractivity contribution is -0.147. The van der Waals surface area contributed by atoms with E-state index in [1.54, 1.807) is 0 Å². The predicted octanol–water partition coefficient (Wildman–Crippen LogP) is 2.62. The van der Waals surface area contributed by atoms with Crippen molar-refractivity contribution in [1.82, 2.24) is 10.3 Å². The molecule has 0 saturated carbocycles. The molecule has 8 heteroatoms. The van der Waals surface area contributed by atoms with Gasteiger partial charge in [0.25, 0.3) is 5.91 Å². The van der Waals surface area contributed by atoms with Crippen molar-refractivity contribution < 1.29 is 29.7 Å². The van der Waals surface area contributed by atoms with Crippen LogP contribution in [0.3, 0.4) is 0 Å². The second kappa shape index (κ2) is 10.3. The first kappa shape index (κ1) is 22.6. The quantitative estimate of drug-likeness (QED) is 0.406. The molecule has 164 valence electrons. The van der Waals surface area contributed by atoms with Gasteiger partial charge < -0.3 is 20.6 Å². The summed E-state index contributed by atoms with van der Waals surface area (Å²) < 4.78 is 0. The Morgan fingerprint density at radius 2 is 1.53 bits per heavy atom. The third-order valence-corrected chi connectivity index (χ3v) is 4.91. The fourth-order valence-electron chi connectivity index (χ4n) is 3.23. The Hall–Kier alpha value is -4.04. The number of hydrogen-bond acceptors (Lipinski definition) is 5. The van der Waals surface area contributed by atoms with Crippen LogP contribution >= 0.6 is 0 Å². The molecular weight excluding hydrogens is 412 g/mol. The normalized spacial score (nSPS) is 12.5. The van der Waals surface area contributed by atoms with Crippen molar-refractivity contribution in [2.45, 2.75) is 25.0 Å². The molecule has 3 rings (SSSR count). The Balaban J connectivity index is 1.74. The summed E-state index contributed by atoms with van der Waals surface area (Å²) in [4.78, 5) is 38.5. The topological polar surface area (TPSA) is 137 Å². The fraction of sp³-hybridized carbons (Fsp3) is 0.167. The van der Waals surface area contributed by atoms with E-state index in [1.165, 1.54) is 12.1 Å². The molecule has 0 aliphatic carbocycles. The van der Waals surface area contributed by atoms with Crippen molar-refractivity contribution in [3.05, 3.63) is 89.7 Å². The van der Waals surface area contributed by atoms with Crippen molar-refractivity contribution in [3.8, 4) is 11.1 Å². The molecule has 1 unspecified atom stereocenters. The third kappa shape index (κ3) is 5.99. The van der Waals surface area contributed by atoms with Gasteiger partial charge in [-0.3, -0.25) is 9.78 Å². The summed E-state index contributed by atoms with van der Waals surface area (Å²) in [6.07, 6.45) is -0.487. The van der Waals surface area contributed by atoms with Crippen LogP contribution in [0.1, 0.15) is 32.8 Å². The molecule has 0 aliphatic heterocycles. The van der Waals surface area contributed by atoms with Gasteiger partial charge in [-0.25, -0.2) is 9.59 Å². The summed E-state index contributed by atoms with van der Waals surface area (Å²) in [7, 11) is 0. The highest BCUT2D eigenvalue weighted by Gasteiger charge is 2.23. The molecule has 1 aromatic heterocycles. The molecule has 0 fully saturated rings. The van der Waals surface area contributed by atoms with E-state index in [-0.39, 0.29) is 17.7 Å². The van der Waals surface area contributed by atoms with E-state index >= 15 is 0 Å². The Morgan fingerprint density at radius 1 is 0.875 bits per heavy atom. The lowest BCUT2D eigenvalue weighted by Crippen LogP contribution is -2.40. The van der Waals surface area contributed by atoms with Crippen molar-refractivity contribution in [1.29, 1.82) is 0 Å². The number of aliphatic carboxylic acids is 1. The number of benzene rings is 2. The molecular formula is C24H22N2O6. The number of aromatic nitrogens is 1. The maximum Gasteiger partial charge on any atom is 0.337 e. The molecule has 1 amide bonds. The summed E-state index contributed by atoms with van der Waals surface area (Å²) in [5.41, 5.74) is 2.85. The van der Waals surface area contributed by atoms with Crippen LogP contribution in [0.4, 0.5) is 0 Å². The number of aliphatic hydroxyl groups is 1. The molecule has 0 radical (unpaired) electrons. The maximum atomic E-state index is 12.6. The summed E-state index contributed by atoms with van der Waals surface area (Å²) in [6.45, 7) is 0. The number of aromatic carboxylic acids is 1. The number of rotatable bonds is 9. The number of nitrogens with one attached hydrogen (secondary N) is 1. The largest absolute Gasteiger partial charge is 0.479 e. The number of carbonyl (C=O) groups is 3. The number of carboxylic acid groups (broad SMARTS) is 2. The van der Waals surface area contributed by atoms with Gasteiger partial charge in [0.1, 0.15) is 5.69 Å². The molecule has 0 bridgehead atoms. The third-order valence-electron chi connectivity index (χ3n) is 4.91. The van der Waals surface area contributed by atoms with Gasteiger partial charge in [-0.1, -0.05) is 54.6 Å². The molecule has 0 spiro atoms. The van der Waals surface area contributed by atoms with E-state index < -0.39 is 30.0 Å². The Morgan fingerprint density at radius 3 is 2.09 bits per heavy atom. The number of amides is 1. The standard InChI is InChI=1S/C24H22N2O6/c27-21(24(31)32)13-19(26-22(28)20-11-10-18(14-25-20)23(29)30)12-15-6-8-17(9-7-15)16-4-2-1-3-5-16/h1-11,14,19,21,27H,12-13H2,(H,26,28)(H,29,30)(H,31,32)/t19-,21?/m1/s1. The van der Waals surface area contributed by atoms with Crippen LogP contribution in [0.25, 0.3) is 11.1 Å². The van der Waals surface area contributed by atoms with Crippen molar-refractivity contribution >= 4 is 17.8 Å². The van der Waals surface area contributed by atoms with E-state index in [0.29, 0.717) is 6.42 Å². The average molecular weight is 434 g/mol. The van der Waals surface area contributed by atoms with Crippen LogP contribution in [-0.2, 0) is 11.2 Å². The van der Waals surface area contributed by atoms with Crippen LogP contribution in [0.15, 0.2) is 72.9 Å². The van der Waals surface area contributed by atoms with Gasteiger partial charge >= 0.3 is 11.9 Å². The molecule has 32 heavy (non-hydrogen) atoms. The highest BCUT2D eigenvalue weighted by molar-refractivity contribution is 5.94. The summed E-state index contributed by atoms with van der Waals surface area (Å²) in [6, 6.07) is 19.3. The van der Waals surface area contributed by atoms with Crippen molar-refractivity contribution in [2.75, 3.05) is 0 Å². The fourth-order valence-corrected chi connectivity index (χ4v) is 3.23. The Labute approximate surface area is 184 Å². The number of nitrogens with zero attached hydrogens (tertiary/aromatic N) is 1. The monoisotopic (exact) mass is 434 g/mol. The Bertz CT molecular complexity index is 1080. The Kier molecular flexibility index (Phi) is 7.30. The average Bonchev–Trinajstić information content (AvgIpc) is 2.80. The van der Waals surface area contributed by atoms with Gasteiger partial charge in [0.05, 0.1) is 5.56 Å². The van der Waals surface area contributed by atoms with Crippen LogP contribution in [0.2, 0.25) is 0 Å². The summed E-state index contributed by atoms with van der Waals surface area (Å²) in [5, 5.41) is 30.5. The van der Waals surface area contributed by atoms with Gasteiger partial charge in [0.2, 0.25) is 0 Å². The number of aliphatic hydroxyl groups excluding tert-OH is 1. The van der Waals surface area contributed by atoms with Crippen LogP contribution in [0, 0.1) is 0 Å². The summed E-state index contributed by atoms with van der Waals surface area (Å²) >= 11 is 0. The molecule has 4 N–H and O–H groups in total. The molecule has 0 saturated heterocycles. The smallest absolute Gasteiger partial charge is 0.337 e. The second-order valence-electron chi connectivity index (χ2n) is 7.26. The van der Waals surface area contributed by atoms with E-state index in [2.05, 4.69) is 10.3 Å². The minimum atomic E-state index is -1.65. The van der Waals surface area contributed by atoms with E-state index in [0.717, 1.165) is 22.9 Å². The number of carboxylic acids is 2. The number of carbonyl (C=O) groups excluding carboxylic acids is 1. The van der Waals surface area contributed by atoms with Gasteiger partial charge in [0.15, 0.2) is 6.10 Å². The maximum absolute atomic E-state index is 12.6. The molecule has 1 heterocycles. The molecule has 2 atom stereocenters. The lowest BCUT2D eigenvalue weighted by Gasteiger charge is -2.20. The molecule has 0 aliphatic rings. The van der Waals surface area contributed by atoms with Gasteiger partial charge in [0, 0.05) is 18.7 Å². The second-order valence-corrected chi connectivity index (χ2v) is 7.26. The first-order chi connectivity index (χ1) is 15.3. The highest BCUT2D eigenvalue weighted by atomic mass is 16.4. The van der Waals surface area contributed by atoms with Gasteiger partial charge in [-0.15, -0.1) is 0 Å². The minimum Gasteiger partial charge on any atom is -0.479 e. The lowest BCUT2D eigenvalue weighted by atomic mass is 9.97. The molecule has 2 aromatic carbocycles. The zero-order valence-corrected chi connectivity index (χ0v) is 17.0. The zero-order valence-electron chi connectivity index (χ0n) is 17.0. The molecule has 8 nitrogen and oxygen atoms in total. The highest BCUT2D eigenvalue weighted by Crippen LogP contribution is 2.20. The first-order valence-corrected chi connectivity index (χ1v) is 9.89. The van der Waals surface area contributed by atoms with Crippen LogP contribution < -0.4 is 5.32 Å². The van der Waals surface area contributed by atoms with Gasteiger partial charge in [-0.05, 0) is 35.2 Å². The van der Waals surface area contributed by atoms with Crippen LogP contribution in [0.5, 0.6) is 0 Å². The summed E-state index contributed by atoms with van der Waals surface area (Å²) in [5.74, 6) is -3.14. The SMILES string of the molecule is O=C(O)c1ccc(C(=O)N[C@H](Cc2ccc(-c3ccccc3)cc2)CC(O)C(=O)O)nc1. The van der Waals surface area contributed by atoms with E-state index in [1.807, 2.05) is 54.6 Å². The first-order valence-electron chi connectivity index (χ1n) is 9.89. The van der Waals surface area contributed by atoms with E-state index in [4.69, 9.17) is 10.2 Å².